The summed E-state index contributed by atoms with van der Waals surface area (Å²) in [7, 11) is 0. The van der Waals surface area contributed by atoms with Crippen molar-refractivity contribution in [1.82, 2.24) is 20.2 Å². The fourth-order valence-electron chi connectivity index (χ4n) is 1.15. The highest BCUT2D eigenvalue weighted by Crippen LogP contribution is 2.12. The van der Waals surface area contributed by atoms with Crippen LogP contribution in [0.5, 0.6) is 0 Å². The van der Waals surface area contributed by atoms with E-state index in [4.69, 9.17) is 5.11 Å². The fourth-order valence-corrected chi connectivity index (χ4v) is 1.15. The van der Waals surface area contributed by atoms with E-state index >= 15 is 0 Å². The number of hydrogen-bond donors (Lipinski definition) is 2. The Morgan fingerprint density at radius 3 is 2.69 bits per heavy atom. The van der Waals surface area contributed by atoms with E-state index in [9.17, 15) is 4.79 Å². The van der Waals surface area contributed by atoms with Crippen LogP contribution in [-0.4, -0.2) is 36.7 Å². The number of aliphatic carboxylic acids is 1. The van der Waals surface area contributed by atoms with Gasteiger partial charge in [0.2, 0.25) is 0 Å². The molecular formula is C9H10N4O3. The molecule has 0 aliphatic rings. The lowest BCUT2D eigenvalue weighted by atomic mass is 10.2. The highest BCUT2D eigenvalue weighted by molar-refractivity contribution is 5.69. The van der Waals surface area contributed by atoms with Crippen LogP contribution in [0, 0.1) is 0 Å². The zero-order valence-electron chi connectivity index (χ0n) is 8.21. The van der Waals surface area contributed by atoms with Crippen molar-refractivity contribution in [3.05, 3.63) is 30.4 Å². The number of nitrogens with one attached hydrogen (secondary N) is 1. The molecule has 2 rings (SSSR count). The minimum absolute atomic E-state index is 0. The van der Waals surface area contributed by atoms with Gasteiger partial charge in [-0.25, -0.2) is 4.98 Å². The second kappa shape index (κ2) is 4.99. The summed E-state index contributed by atoms with van der Waals surface area (Å²) < 4.78 is 0. The smallest absolute Gasteiger partial charge is 0.311 e. The predicted molar refractivity (Wildman–Crippen MR) is 54.6 cm³/mol. The van der Waals surface area contributed by atoms with Gasteiger partial charge < -0.3 is 10.6 Å². The maximum atomic E-state index is 10.4. The van der Waals surface area contributed by atoms with Crippen LogP contribution in [0.15, 0.2) is 24.5 Å². The van der Waals surface area contributed by atoms with Crippen molar-refractivity contribution < 1.29 is 15.4 Å². The molecule has 84 valence electrons. The Labute approximate surface area is 90.5 Å². The topological polar surface area (TPSA) is 123 Å². The molecule has 16 heavy (non-hydrogen) atoms. The largest absolute Gasteiger partial charge is 0.481 e. The second-order valence-electron chi connectivity index (χ2n) is 2.91. The summed E-state index contributed by atoms with van der Waals surface area (Å²) in [5.74, 6) is -0.115. The van der Waals surface area contributed by atoms with Gasteiger partial charge in [0.25, 0.3) is 0 Å². The maximum absolute atomic E-state index is 10.4. The van der Waals surface area contributed by atoms with Crippen LogP contribution >= 0.6 is 0 Å². The molecule has 0 unspecified atom stereocenters. The number of aromatic amines is 1. The number of nitrogens with zero attached hydrogens (tertiary/aromatic N) is 3. The first kappa shape index (κ1) is 11.8. The molecule has 7 nitrogen and oxygen atoms in total. The van der Waals surface area contributed by atoms with Gasteiger partial charge in [-0.2, -0.15) is 5.10 Å². The van der Waals surface area contributed by atoms with Gasteiger partial charge in [0.05, 0.1) is 0 Å². The monoisotopic (exact) mass is 222 g/mol. The molecule has 2 aromatic heterocycles. The number of carboxylic acid groups (broad SMARTS) is 1. The number of carboxylic acids is 1. The van der Waals surface area contributed by atoms with Gasteiger partial charge in [-0.3, -0.25) is 14.9 Å². The summed E-state index contributed by atoms with van der Waals surface area (Å²) in [6.07, 6.45) is 3.10. The molecule has 4 N–H and O–H groups in total. The highest BCUT2D eigenvalue weighted by Gasteiger charge is 2.07. The van der Waals surface area contributed by atoms with Crippen LogP contribution in [0.2, 0.25) is 0 Å². The van der Waals surface area contributed by atoms with Crippen LogP contribution in [0.25, 0.3) is 11.4 Å². The molecule has 0 aromatic carbocycles. The van der Waals surface area contributed by atoms with Crippen molar-refractivity contribution in [2.75, 3.05) is 0 Å². The fraction of sp³-hybridized carbons (Fsp3) is 0.111. The van der Waals surface area contributed by atoms with Gasteiger partial charge in [-0.1, -0.05) is 0 Å². The van der Waals surface area contributed by atoms with Crippen molar-refractivity contribution >= 4 is 5.97 Å². The molecule has 0 spiro atoms. The van der Waals surface area contributed by atoms with Gasteiger partial charge in [-0.15, -0.1) is 0 Å². The van der Waals surface area contributed by atoms with Crippen molar-refractivity contribution in [2.24, 2.45) is 0 Å². The van der Waals surface area contributed by atoms with Gasteiger partial charge in [0.1, 0.15) is 12.2 Å². The molecule has 2 aromatic rings. The molecule has 0 aliphatic carbocycles. The summed E-state index contributed by atoms with van der Waals surface area (Å²) in [6.45, 7) is 0. The number of H-pyrrole nitrogens is 1. The van der Waals surface area contributed by atoms with E-state index in [1.54, 1.807) is 24.5 Å². The van der Waals surface area contributed by atoms with Crippen molar-refractivity contribution in [1.29, 1.82) is 0 Å². The second-order valence-corrected chi connectivity index (χ2v) is 2.91. The van der Waals surface area contributed by atoms with E-state index < -0.39 is 5.97 Å². The van der Waals surface area contributed by atoms with Crippen LogP contribution in [0.4, 0.5) is 0 Å². The quantitative estimate of drug-likeness (QED) is 0.735. The lowest BCUT2D eigenvalue weighted by Crippen LogP contribution is -2.01. The summed E-state index contributed by atoms with van der Waals surface area (Å²) in [4.78, 5) is 18.3. The third-order valence-corrected chi connectivity index (χ3v) is 1.79. The van der Waals surface area contributed by atoms with Gasteiger partial charge >= 0.3 is 5.97 Å². The Hall–Kier alpha value is -2.28. The van der Waals surface area contributed by atoms with Crippen molar-refractivity contribution in [3.8, 4) is 11.4 Å². The van der Waals surface area contributed by atoms with Crippen molar-refractivity contribution in [2.45, 2.75) is 6.42 Å². The van der Waals surface area contributed by atoms with E-state index in [0.29, 0.717) is 11.6 Å². The van der Waals surface area contributed by atoms with Crippen LogP contribution < -0.4 is 0 Å². The first-order chi connectivity index (χ1) is 7.25. The molecule has 2 heterocycles. The van der Waals surface area contributed by atoms with Crippen LogP contribution in [-0.2, 0) is 11.2 Å². The Bertz CT molecular complexity index is 469. The number of aromatic nitrogens is 4. The Kier molecular flexibility index (Phi) is 3.67. The first-order valence-corrected chi connectivity index (χ1v) is 4.29. The standard InChI is InChI=1S/C9H8N4O2.H2O/c14-8(15)5-7-11-9(13-12-7)6-1-3-10-4-2-6;/h1-4H,5H2,(H,14,15)(H,11,12,13);1H2. The van der Waals surface area contributed by atoms with Gasteiger partial charge in [-0.05, 0) is 12.1 Å². The van der Waals surface area contributed by atoms with E-state index in [-0.39, 0.29) is 11.9 Å². The van der Waals surface area contributed by atoms with Crippen LogP contribution in [0.3, 0.4) is 0 Å². The minimum Gasteiger partial charge on any atom is -0.481 e. The van der Waals surface area contributed by atoms with Gasteiger partial charge in [0.15, 0.2) is 5.82 Å². The Balaban J connectivity index is 0.00000128. The minimum atomic E-state index is -0.938. The lowest BCUT2D eigenvalue weighted by molar-refractivity contribution is -0.136. The molecule has 0 saturated heterocycles. The molecule has 0 fully saturated rings. The van der Waals surface area contributed by atoms with E-state index in [0.717, 1.165) is 5.56 Å². The normalized spacial score (nSPS) is 9.50. The predicted octanol–water partition coefficient (Wildman–Crippen LogP) is -0.331. The average Bonchev–Trinajstić information content (AvgIpc) is 2.67. The SMILES string of the molecule is O.O=C(O)Cc1nc(-c2ccncc2)n[nH]1. The van der Waals surface area contributed by atoms with E-state index in [1.165, 1.54) is 0 Å². The summed E-state index contributed by atoms with van der Waals surface area (Å²) >= 11 is 0. The number of carbonyl (C=O) groups is 1. The van der Waals surface area contributed by atoms with Gasteiger partial charge in [0, 0.05) is 18.0 Å². The molecule has 0 radical (unpaired) electrons. The maximum Gasteiger partial charge on any atom is 0.311 e. The lowest BCUT2D eigenvalue weighted by Gasteiger charge is -1.91. The van der Waals surface area contributed by atoms with Crippen LogP contribution in [0.1, 0.15) is 5.82 Å². The third-order valence-electron chi connectivity index (χ3n) is 1.79. The van der Waals surface area contributed by atoms with Crippen molar-refractivity contribution in [3.63, 3.8) is 0 Å². The molecule has 0 atom stereocenters. The first-order valence-electron chi connectivity index (χ1n) is 4.29. The molecule has 0 aliphatic heterocycles. The Morgan fingerprint density at radius 1 is 1.38 bits per heavy atom. The summed E-state index contributed by atoms with van der Waals surface area (Å²) in [5, 5.41) is 15.0. The molecular weight excluding hydrogens is 212 g/mol. The number of rotatable bonds is 3. The zero-order chi connectivity index (χ0) is 10.7. The molecule has 0 bridgehead atoms. The molecule has 0 amide bonds. The third kappa shape index (κ3) is 2.61. The van der Waals surface area contributed by atoms with E-state index in [2.05, 4.69) is 20.2 Å². The molecule has 0 saturated carbocycles. The summed E-state index contributed by atoms with van der Waals surface area (Å²) in [5.41, 5.74) is 0.804. The number of hydrogen-bond acceptors (Lipinski definition) is 4. The highest BCUT2D eigenvalue weighted by atomic mass is 16.4. The average molecular weight is 222 g/mol. The zero-order valence-corrected chi connectivity index (χ0v) is 8.21. The Morgan fingerprint density at radius 2 is 2.06 bits per heavy atom. The number of pyridine rings is 1. The summed E-state index contributed by atoms with van der Waals surface area (Å²) in [6, 6.07) is 3.52. The van der Waals surface area contributed by atoms with E-state index in [1.807, 2.05) is 0 Å². The molecule has 7 heteroatoms.